The van der Waals surface area contributed by atoms with E-state index >= 15 is 0 Å². The van der Waals surface area contributed by atoms with Gasteiger partial charge >= 0.3 is 0 Å². The van der Waals surface area contributed by atoms with E-state index in [1.807, 2.05) is 0 Å². The van der Waals surface area contributed by atoms with Crippen molar-refractivity contribution in [2.75, 3.05) is 19.6 Å². The smallest absolute Gasteiger partial charge is 0.173 e. The average Bonchev–Trinajstić information content (AvgIpc) is 2.89. The molecule has 1 aliphatic heterocycles. The lowest BCUT2D eigenvalue weighted by Gasteiger charge is -2.14. The minimum Gasteiger partial charge on any atom is -0.337 e. The first kappa shape index (κ1) is 22.8. The third-order valence-corrected chi connectivity index (χ3v) is 3.84. The molecule has 0 bridgehead atoms. The fourth-order valence-corrected chi connectivity index (χ4v) is 2.70. The summed E-state index contributed by atoms with van der Waals surface area (Å²) in [6.07, 6.45) is 15.5. The largest absolute Gasteiger partial charge is 0.337 e. The maximum Gasteiger partial charge on any atom is 0.173 e. The molecule has 0 amide bonds. The van der Waals surface area contributed by atoms with E-state index in [1.165, 1.54) is 89.8 Å². The van der Waals surface area contributed by atoms with Crippen LogP contribution in [0.3, 0.4) is 0 Å². The number of hydrogen-bond acceptors (Lipinski definition) is 5. The minimum absolute atomic E-state index is 0.953. The third kappa shape index (κ3) is 18.5. The molecule has 1 rings (SSSR count). The van der Waals surface area contributed by atoms with Crippen LogP contribution in [0.2, 0.25) is 0 Å². The Kier molecular flexibility index (Phi) is 20.3. The lowest BCUT2D eigenvalue weighted by molar-refractivity contribution is 0.317. The van der Waals surface area contributed by atoms with Crippen LogP contribution in [0.15, 0.2) is 0 Å². The van der Waals surface area contributed by atoms with Gasteiger partial charge < -0.3 is 16.4 Å². The van der Waals surface area contributed by atoms with E-state index in [9.17, 15) is 0 Å². The molecular formula is C17H35N5. The molecule has 1 atom stereocenters. The van der Waals surface area contributed by atoms with Gasteiger partial charge in [0, 0.05) is 6.54 Å². The first-order chi connectivity index (χ1) is 10.7. The topological polar surface area (TPSA) is 103 Å². The van der Waals surface area contributed by atoms with E-state index in [1.54, 1.807) is 0 Å². The molecule has 0 spiro atoms. The van der Waals surface area contributed by atoms with E-state index in [-0.39, 0.29) is 0 Å². The van der Waals surface area contributed by atoms with E-state index in [0.29, 0.717) is 0 Å². The van der Waals surface area contributed by atoms with Crippen LogP contribution in [0.25, 0.3) is 0 Å². The summed E-state index contributed by atoms with van der Waals surface area (Å²) in [6, 6.07) is 0. The molecule has 0 radical (unpaired) electrons. The van der Waals surface area contributed by atoms with Gasteiger partial charge in [-0.2, -0.15) is 10.5 Å². The molecule has 0 aromatic carbocycles. The maximum absolute atomic E-state index is 7.10. The number of nitriles is 2. The molecule has 22 heavy (non-hydrogen) atoms. The molecule has 0 aromatic rings. The second-order valence-corrected chi connectivity index (χ2v) is 5.93. The van der Waals surface area contributed by atoms with E-state index in [4.69, 9.17) is 10.5 Å². The quantitative estimate of drug-likeness (QED) is 0.386. The first-order valence-corrected chi connectivity index (χ1v) is 8.57. The third-order valence-electron chi connectivity index (χ3n) is 3.84. The first-order valence-electron chi connectivity index (χ1n) is 8.57. The lowest BCUT2D eigenvalue weighted by atomic mass is 10.1. The van der Waals surface area contributed by atoms with E-state index in [2.05, 4.69) is 30.2 Å². The SMILES string of the molecule is CCCCCCCCCCN1CCC(C)C1.N#CN.N#CN. The fourth-order valence-electron chi connectivity index (χ4n) is 2.70. The number of rotatable bonds is 9. The van der Waals surface area contributed by atoms with Gasteiger partial charge in [0.2, 0.25) is 0 Å². The van der Waals surface area contributed by atoms with Gasteiger partial charge in [0.05, 0.1) is 0 Å². The van der Waals surface area contributed by atoms with Crippen LogP contribution >= 0.6 is 0 Å². The van der Waals surface area contributed by atoms with Crippen molar-refractivity contribution in [1.29, 1.82) is 10.5 Å². The Balaban J connectivity index is 0. The molecule has 1 heterocycles. The highest BCUT2D eigenvalue weighted by Crippen LogP contribution is 2.16. The Bertz CT molecular complexity index is 280. The average molecular weight is 310 g/mol. The van der Waals surface area contributed by atoms with Gasteiger partial charge in [0.25, 0.3) is 0 Å². The highest BCUT2D eigenvalue weighted by atomic mass is 15.1. The Morgan fingerprint density at radius 2 is 1.41 bits per heavy atom. The van der Waals surface area contributed by atoms with Gasteiger partial charge in [-0.1, -0.05) is 58.8 Å². The van der Waals surface area contributed by atoms with Gasteiger partial charge in [-0.05, 0) is 31.8 Å². The van der Waals surface area contributed by atoms with Gasteiger partial charge in [-0.15, -0.1) is 0 Å². The van der Waals surface area contributed by atoms with Crippen LogP contribution in [0.1, 0.15) is 71.6 Å². The van der Waals surface area contributed by atoms with Crippen LogP contribution in [-0.2, 0) is 0 Å². The zero-order chi connectivity index (χ0) is 17.1. The number of likely N-dealkylation sites (tertiary alicyclic amines) is 1. The number of hydrogen-bond donors (Lipinski definition) is 2. The summed E-state index contributed by atoms with van der Waals surface area (Å²) in [4.78, 5) is 2.65. The minimum atomic E-state index is 0.953. The predicted octanol–water partition coefficient (Wildman–Crippen LogP) is 3.32. The van der Waals surface area contributed by atoms with Crippen molar-refractivity contribution in [3.8, 4) is 12.4 Å². The van der Waals surface area contributed by atoms with Gasteiger partial charge in [-0.25, -0.2) is 0 Å². The van der Waals surface area contributed by atoms with Crippen LogP contribution < -0.4 is 11.5 Å². The molecule has 1 fully saturated rings. The normalized spacial score (nSPS) is 16.5. The van der Waals surface area contributed by atoms with Crippen LogP contribution in [-0.4, -0.2) is 24.5 Å². The molecular weight excluding hydrogens is 274 g/mol. The van der Waals surface area contributed by atoms with Crippen molar-refractivity contribution in [2.24, 2.45) is 17.4 Å². The summed E-state index contributed by atoms with van der Waals surface area (Å²) < 4.78 is 0. The summed E-state index contributed by atoms with van der Waals surface area (Å²) in [5, 5.41) is 14.2. The highest BCUT2D eigenvalue weighted by Gasteiger charge is 2.17. The second kappa shape index (κ2) is 19.5. The van der Waals surface area contributed by atoms with Gasteiger partial charge in [-0.3, -0.25) is 0 Å². The Morgan fingerprint density at radius 3 is 1.82 bits per heavy atom. The monoisotopic (exact) mass is 309 g/mol. The molecule has 0 aromatic heterocycles. The van der Waals surface area contributed by atoms with Crippen LogP contribution in [0.4, 0.5) is 0 Å². The van der Waals surface area contributed by atoms with Crippen LogP contribution in [0.5, 0.6) is 0 Å². The number of nitrogens with two attached hydrogens (primary N) is 2. The highest BCUT2D eigenvalue weighted by molar-refractivity contribution is 4.71. The summed E-state index contributed by atoms with van der Waals surface area (Å²) in [6.45, 7) is 8.75. The van der Waals surface area contributed by atoms with Gasteiger partial charge in [0.1, 0.15) is 0 Å². The molecule has 4 N–H and O–H groups in total. The van der Waals surface area contributed by atoms with Crippen LogP contribution in [0, 0.1) is 28.8 Å². The van der Waals surface area contributed by atoms with Crippen molar-refractivity contribution in [3.05, 3.63) is 0 Å². The zero-order valence-electron chi connectivity index (χ0n) is 14.6. The Morgan fingerprint density at radius 1 is 0.955 bits per heavy atom. The number of nitrogens with zero attached hydrogens (tertiary/aromatic N) is 3. The lowest BCUT2D eigenvalue weighted by Crippen LogP contribution is -2.21. The summed E-state index contributed by atoms with van der Waals surface area (Å²) in [7, 11) is 0. The molecule has 1 aliphatic rings. The molecule has 0 aliphatic carbocycles. The Labute approximate surface area is 137 Å². The number of unbranched alkanes of at least 4 members (excludes halogenated alkanes) is 7. The zero-order valence-corrected chi connectivity index (χ0v) is 14.6. The molecule has 5 nitrogen and oxygen atoms in total. The Hall–Kier alpha value is -1.46. The van der Waals surface area contributed by atoms with E-state index in [0.717, 1.165) is 5.92 Å². The van der Waals surface area contributed by atoms with Crippen molar-refractivity contribution in [3.63, 3.8) is 0 Å². The standard InChI is InChI=1S/C15H31N.2CH2N2/c1-3-4-5-6-7-8-9-10-12-16-13-11-15(2)14-16;2*2-1-3/h15H,3-14H2,1-2H3;2*2H2. The maximum atomic E-state index is 7.10. The van der Waals surface area contributed by atoms with Crippen molar-refractivity contribution in [1.82, 2.24) is 4.90 Å². The molecule has 1 unspecified atom stereocenters. The summed E-state index contributed by atoms with van der Waals surface area (Å²) in [5.74, 6) is 0.953. The predicted molar refractivity (Wildman–Crippen MR) is 92.4 cm³/mol. The molecule has 1 saturated heterocycles. The molecule has 5 heteroatoms. The molecule has 0 saturated carbocycles. The van der Waals surface area contributed by atoms with Gasteiger partial charge in [0.15, 0.2) is 12.4 Å². The summed E-state index contributed by atoms with van der Waals surface area (Å²) in [5.41, 5.74) is 8.31. The van der Waals surface area contributed by atoms with Crippen molar-refractivity contribution >= 4 is 0 Å². The molecule has 128 valence electrons. The van der Waals surface area contributed by atoms with Crippen molar-refractivity contribution < 1.29 is 0 Å². The summed E-state index contributed by atoms with van der Waals surface area (Å²) >= 11 is 0. The fraction of sp³-hybridized carbons (Fsp3) is 0.882. The van der Waals surface area contributed by atoms with E-state index < -0.39 is 0 Å². The van der Waals surface area contributed by atoms with Crippen molar-refractivity contribution in [2.45, 2.75) is 71.6 Å². The second-order valence-electron chi connectivity index (χ2n) is 5.93.